The van der Waals surface area contributed by atoms with Crippen LogP contribution in [0, 0.1) is 5.82 Å². The first-order valence-corrected chi connectivity index (χ1v) is 4.50. The first-order valence-electron chi connectivity index (χ1n) is 4.50. The van der Waals surface area contributed by atoms with Crippen molar-refractivity contribution in [1.82, 2.24) is 0 Å². The predicted octanol–water partition coefficient (Wildman–Crippen LogP) is 2.79. The molecule has 2 N–H and O–H groups in total. The van der Waals surface area contributed by atoms with Crippen molar-refractivity contribution in [1.29, 1.82) is 0 Å². The molecule has 0 radical (unpaired) electrons. The fraction of sp³-hybridized carbons (Fsp3) is 0.400. The standard InChI is InChI=1S/C10H11F4NO/c1-16-8-4-2-3-6(9(8)11)7(15)5-10(12,13)14/h2-4,7H,5,15H2,1H3/t7-/m1/s1. The SMILES string of the molecule is COc1cccc([C@H](N)CC(F)(F)F)c1F. The lowest BCUT2D eigenvalue weighted by atomic mass is 10.0. The first-order chi connectivity index (χ1) is 7.35. The maximum atomic E-state index is 13.5. The summed E-state index contributed by atoms with van der Waals surface area (Å²) in [6.45, 7) is 0. The molecule has 1 aromatic carbocycles. The Labute approximate surface area is 90.0 Å². The Morgan fingerprint density at radius 1 is 1.38 bits per heavy atom. The summed E-state index contributed by atoms with van der Waals surface area (Å²) in [5, 5.41) is 0. The summed E-state index contributed by atoms with van der Waals surface area (Å²) in [5.74, 6) is -0.961. The highest BCUT2D eigenvalue weighted by Gasteiger charge is 2.32. The van der Waals surface area contributed by atoms with Gasteiger partial charge in [-0.1, -0.05) is 12.1 Å². The zero-order valence-corrected chi connectivity index (χ0v) is 8.51. The number of nitrogens with two attached hydrogens (primary N) is 1. The van der Waals surface area contributed by atoms with Crippen molar-refractivity contribution < 1.29 is 22.3 Å². The summed E-state index contributed by atoms with van der Waals surface area (Å²) < 4.78 is 54.4. The van der Waals surface area contributed by atoms with E-state index in [4.69, 9.17) is 5.73 Å². The Morgan fingerprint density at radius 3 is 2.50 bits per heavy atom. The molecule has 1 atom stereocenters. The number of alkyl halides is 3. The fourth-order valence-electron chi connectivity index (χ4n) is 1.33. The molecule has 0 spiro atoms. The van der Waals surface area contributed by atoms with Gasteiger partial charge in [-0.15, -0.1) is 0 Å². The summed E-state index contributed by atoms with van der Waals surface area (Å²) in [5.41, 5.74) is 5.09. The summed E-state index contributed by atoms with van der Waals surface area (Å²) in [6.07, 6.45) is -5.69. The number of hydrogen-bond donors (Lipinski definition) is 1. The molecule has 1 rings (SSSR count). The second kappa shape index (κ2) is 4.69. The lowest BCUT2D eigenvalue weighted by Crippen LogP contribution is -2.21. The monoisotopic (exact) mass is 237 g/mol. The van der Waals surface area contributed by atoms with Crippen LogP contribution < -0.4 is 10.5 Å². The number of methoxy groups -OCH3 is 1. The van der Waals surface area contributed by atoms with Crippen LogP contribution in [0.2, 0.25) is 0 Å². The summed E-state index contributed by atoms with van der Waals surface area (Å²) in [4.78, 5) is 0. The normalized spacial score (nSPS) is 13.6. The van der Waals surface area contributed by atoms with Crippen LogP contribution >= 0.6 is 0 Å². The number of ether oxygens (including phenoxy) is 1. The van der Waals surface area contributed by atoms with Gasteiger partial charge in [0.2, 0.25) is 0 Å². The van der Waals surface area contributed by atoms with Gasteiger partial charge >= 0.3 is 6.18 Å². The van der Waals surface area contributed by atoms with Crippen LogP contribution in [0.3, 0.4) is 0 Å². The van der Waals surface area contributed by atoms with E-state index in [2.05, 4.69) is 4.74 Å². The molecular weight excluding hydrogens is 226 g/mol. The zero-order chi connectivity index (χ0) is 12.3. The second-order valence-corrected chi connectivity index (χ2v) is 3.29. The van der Waals surface area contributed by atoms with Gasteiger partial charge in [-0.05, 0) is 6.07 Å². The van der Waals surface area contributed by atoms with E-state index in [1.807, 2.05) is 0 Å². The molecule has 90 valence electrons. The number of rotatable bonds is 3. The molecule has 0 unspecified atom stereocenters. The van der Waals surface area contributed by atoms with Gasteiger partial charge in [0, 0.05) is 11.6 Å². The topological polar surface area (TPSA) is 35.2 Å². The van der Waals surface area contributed by atoms with Gasteiger partial charge in [0.25, 0.3) is 0 Å². The summed E-state index contributed by atoms with van der Waals surface area (Å²) in [7, 11) is 1.23. The van der Waals surface area contributed by atoms with E-state index in [-0.39, 0.29) is 11.3 Å². The van der Waals surface area contributed by atoms with Gasteiger partial charge in [-0.2, -0.15) is 13.2 Å². The average Bonchev–Trinajstić information content (AvgIpc) is 2.15. The van der Waals surface area contributed by atoms with Crippen molar-refractivity contribution in [2.24, 2.45) is 5.73 Å². The molecule has 0 amide bonds. The van der Waals surface area contributed by atoms with E-state index in [1.54, 1.807) is 0 Å². The van der Waals surface area contributed by atoms with Gasteiger partial charge in [-0.25, -0.2) is 4.39 Å². The average molecular weight is 237 g/mol. The quantitative estimate of drug-likeness (QED) is 0.820. The van der Waals surface area contributed by atoms with E-state index in [1.165, 1.54) is 25.3 Å². The highest BCUT2D eigenvalue weighted by atomic mass is 19.4. The van der Waals surface area contributed by atoms with Crippen molar-refractivity contribution >= 4 is 0 Å². The van der Waals surface area contributed by atoms with Gasteiger partial charge < -0.3 is 10.5 Å². The van der Waals surface area contributed by atoms with Crippen LogP contribution in [0.5, 0.6) is 5.75 Å². The molecule has 16 heavy (non-hydrogen) atoms. The van der Waals surface area contributed by atoms with Gasteiger partial charge in [0.05, 0.1) is 13.5 Å². The van der Waals surface area contributed by atoms with Crippen LogP contribution in [0.4, 0.5) is 17.6 Å². The second-order valence-electron chi connectivity index (χ2n) is 3.29. The zero-order valence-electron chi connectivity index (χ0n) is 8.51. The Morgan fingerprint density at radius 2 is 2.00 bits per heavy atom. The van der Waals surface area contributed by atoms with Gasteiger partial charge in [0.1, 0.15) is 0 Å². The Bertz CT molecular complexity index is 364. The van der Waals surface area contributed by atoms with Crippen LogP contribution in [-0.4, -0.2) is 13.3 Å². The van der Waals surface area contributed by atoms with Crippen molar-refractivity contribution in [3.8, 4) is 5.75 Å². The molecule has 6 heteroatoms. The maximum absolute atomic E-state index is 13.5. The van der Waals surface area contributed by atoms with Gasteiger partial charge in [-0.3, -0.25) is 0 Å². The molecule has 0 saturated carbocycles. The Kier molecular flexibility index (Phi) is 3.74. The maximum Gasteiger partial charge on any atom is 0.390 e. The fourth-order valence-corrected chi connectivity index (χ4v) is 1.33. The van der Waals surface area contributed by atoms with Crippen molar-refractivity contribution in [3.05, 3.63) is 29.6 Å². The van der Waals surface area contributed by atoms with Crippen molar-refractivity contribution in [2.75, 3.05) is 7.11 Å². The summed E-state index contributed by atoms with van der Waals surface area (Å²) >= 11 is 0. The van der Waals surface area contributed by atoms with Crippen molar-refractivity contribution in [2.45, 2.75) is 18.6 Å². The number of benzene rings is 1. The highest BCUT2D eigenvalue weighted by molar-refractivity contribution is 5.32. The molecule has 0 bridgehead atoms. The van der Waals surface area contributed by atoms with Gasteiger partial charge in [0.15, 0.2) is 11.6 Å². The minimum absolute atomic E-state index is 0.116. The largest absolute Gasteiger partial charge is 0.494 e. The smallest absolute Gasteiger partial charge is 0.390 e. The van der Waals surface area contributed by atoms with E-state index < -0.39 is 24.5 Å². The van der Waals surface area contributed by atoms with Crippen LogP contribution in [0.1, 0.15) is 18.0 Å². The minimum atomic E-state index is -4.42. The van der Waals surface area contributed by atoms with E-state index >= 15 is 0 Å². The lowest BCUT2D eigenvalue weighted by Gasteiger charge is -2.16. The third-order valence-electron chi connectivity index (χ3n) is 2.06. The molecule has 0 heterocycles. The van der Waals surface area contributed by atoms with Crippen LogP contribution in [0.15, 0.2) is 18.2 Å². The lowest BCUT2D eigenvalue weighted by molar-refractivity contribution is -0.138. The third kappa shape index (κ3) is 3.10. The van der Waals surface area contributed by atoms with E-state index in [0.717, 1.165) is 0 Å². The molecule has 0 aromatic heterocycles. The predicted molar refractivity (Wildman–Crippen MR) is 50.6 cm³/mol. The molecule has 0 aliphatic heterocycles. The molecule has 1 aromatic rings. The molecular formula is C10H11F4NO. The molecule has 0 saturated heterocycles. The molecule has 2 nitrogen and oxygen atoms in total. The van der Waals surface area contributed by atoms with E-state index in [9.17, 15) is 17.6 Å². The molecule has 0 aliphatic rings. The first kappa shape index (κ1) is 12.8. The number of hydrogen-bond acceptors (Lipinski definition) is 2. The molecule has 0 aliphatic carbocycles. The van der Waals surface area contributed by atoms with E-state index in [0.29, 0.717) is 0 Å². The van der Waals surface area contributed by atoms with Crippen molar-refractivity contribution in [3.63, 3.8) is 0 Å². The Balaban J connectivity index is 2.95. The Hall–Kier alpha value is -1.30. The van der Waals surface area contributed by atoms with Crippen LogP contribution in [-0.2, 0) is 0 Å². The highest BCUT2D eigenvalue weighted by Crippen LogP contribution is 2.31. The minimum Gasteiger partial charge on any atom is -0.494 e. The summed E-state index contributed by atoms with van der Waals surface area (Å²) in [6, 6.07) is 2.51. The number of halogens is 4. The van der Waals surface area contributed by atoms with Crippen LogP contribution in [0.25, 0.3) is 0 Å². The molecule has 0 fully saturated rings. The third-order valence-corrected chi connectivity index (χ3v) is 2.06.